The molecule has 4 rings (SSSR count). The molecule has 0 spiro atoms. The van der Waals surface area contributed by atoms with Gasteiger partial charge in [-0.1, -0.05) is 29.3 Å². The Hall–Kier alpha value is -4.49. The summed E-state index contributed by atoms with van der Waals surface area (Å²) >= 11 is 6.19. The molecular formula is C28H23ClN2O5. The molecule has 1 aromatic heterocycles. The van der Waals surface area contributed by atoms with E-state index in [0.717, 1.165) is 5.56 Å². The highest BCUT2D eigenvalue weighted by Gasteiger charge is 2.18. The van der Waals surface area contributed by atoms with Gasteiger partial charge >= 0.3 is 0 Å². The fraction of sp³-hybridized carbons (Fsp3) is 0.0714. The van der Waals surface area contributed by atoms with Gasteiger partial charge in [-0.3, -0.25) is 9.59 Å². The molecule has 8 heteroatoms. The van der Waals surface area contributed by atoms with E-state index in [-0.39, 0.29) is 5.70 Å². The summed E-state index contributed by atoms with van der Waals surface area (Å²) in [6.07, 6.45) is 2.92. The van der Waals surface area contributed by atoms with E-state index >= 15 is 0 Å². The number of rotatable bonds is 8. The van der Waals surface area contributed by atoms with E-state index in [4.69, 9.17) is 25.5 Å². The molecule has 0 atom stereocenters. The summed E-state index contributed by atoms with van der Waals surface area (Å²) in [4.78, 5) is 26.2. The standard InChI is InChI=1S/C28H23ClN2O5/c1-18-5-3-6-19(15-18)27(32)31-25(17-23-7-4-14-35-23)28(33)30-24-16-20(29)8-13-26(24)36-22-11-9-21(34-2)10-12-22/h3-17H,1-2H3,(H,30,33)(H,31,32)/b25-17-. The molecule has 0 saturated carbocycles. The van der Waals surface area contributed by atoms with Crippen LogP contribution in [0.2, 0.25) is 5.02 Å². The molecule has 0 aliphatic rings. The van der Waals surface area contributed by atoms with Crippen molar-refractivity contribution in [3.05, 3.63) is 113 Å². The number of methoxy groups -OCH3 is 1. The van der Waals surface area contributed by atoms with Gasteiger partial charge in [-0.25, -0.2) is 0 Å². The van der Waals surface area contributed by atoms with E-state index in [1.807, 2.05) is 13.0 Å². The van der Waals surface area contributed by atoms with Crippen molar-refractivity contribution in [2.24, 2.45) is 0 Å². The molecule has 0 saturated heterocycles. The fourth-order valence-corrected chi connectivity index (χ4v) is 3.48. The number of amides is 2. The molecule has 0 aliphatic carbocycles. The zero-order valence-corrected chi connectivity index (χ0v) is 20.3. The summed E-state index contributed by atoms with van der Waals surface area (Å²) in [5.74, 6) is 0.948. The Morgan fingerprint density at radius 1 is 0.944 bits per heavy atom. The molecule has 0 bridgehead atoms. The van der Waals surface area contributed by atoms with Crippen molar-refractivity contribution in [2.45, 2.75) is 6.92 Å². The number of carbonyl (C=O) groups excluding carboxylic acids is 2. The van der Waals surface area contributed by atoms with Gasteiger partial charge < -0.3 is 24.5 Å². The summed E-state index contributed by atoms with van der Waals surface area (Å²) in [7, 11) is 1.58. The summed E-state index contributed by atoms with van der Waals surface area (Å²) in [6.45, 7) is 1.88. The third kappa shape index (κ3) is 6.34. The topological polar surface area (TPSA) is 89.8 Å². The van der Waals surface area contributed by atoms with Gasteiger partial charge in [-0.15, -0.1) is 0 Å². The van der Waals surface area contributed by atoms with Gasteiger partial charge in [0.1, 0.15) is 23.0 Å². The minimum Gasteiger partial charge on any atom is -0.497 e. The molecule has 0 radical (unpaired) electrons. The quantitative estimate of drug-likeness (QED) is 0.270. The molecule has 1 heterocycles. The first-order valence-corrected chi connectivity index (χ1v) is 11.3. The number of ether oxygens (including phenoxy) is 2. The maximum Gasteiger partial charge on any atom is 0.272 e. The fourth-order valence-electron chi connectivity index (χ4n) is 3.30. The van der Waals surface area contributed by atoms with Crippen LogP contribution < -0.4 is 20.1 Å². The average molecular weight is 503 g/mol. The number of aryl methyl sites for hydroxylation is 1. The zero-order chi connectivity index (χ0) is 25.5. The third-order valence-electron chi connectivity index (χ3n) is 5.08. The number of anilines is 1. The van der Waals surface area contributed by atoms with Gasteiger partial charge in [-0.2, -0.15) is 0 Å². The van der Waals surface area contributed by atoms with Crippen LogP contribution in [0, 0.1) is 6.92 Å². The normalized spacial score (nSPS) is 11.0. The van der Waals surface area contributed by atoms with Gasteiger partial charge in [0.2, 0.25) is 0 Å². The largest absolute Gasteiger partial charge is 0.497 e. The molecule has 4 aromatic rings. The van der Waals surface area contributed by atoms with Gasteiger partial charge in [0, 0.05) is 16.7 Å². The maximum absolute atomic E-state index is 13.3. The molecule has 0 unspecified atom stereocenters. The first kappa shape index (κ1) is 24.6. The van der Waals surface area contributed by atoms with E-state index in [9.17, 15) is 9.59 Å². The smallest absolute Gasteiger partial charge is 0.272 e. The lowest BCUT2D eigenvalue weighted by Crippen LogP contribution is -2.30. The highest BCUT2D eigenvalue weighted by Crippen LogP contribution is 2.33. The van der Waals surface area contributed by atoms with Gasteiger partial charge in [0.05, 0.1) is 19.1 Å². The lowest BCUT2D eigenvalue weighted by molar-refractivity contribution is -0.113. The molecule has 2 amide bonds. The van der Waals surface area contributed by atoms with E-state index in [2.05, 4.69) is 10.6 Å². The molecule has 0 aliphatic heterocycles. The monoisotopic (exact) mass is 502 g/mol. The van der Waals surface area contributed by atoms with Crippen LogP contribution in [0.25, 0.3) is 6.08 Å². The second-order valence-electron chi connectivity index (χ2n) is 7.77. The van der Waals surface area contributed by atoms with Crippen LogP contribution >= 0.6 is 11.6 Å². The van der Waals surface area contributed by atoms with Crippen molar-refractivity contribution in [1.29, 1.82) is 0 Å². The van der Waals surface area contributed by atoms with Crippen LogP contribution in [0.1, 0.15) is 21.7 Å². The number of hydrogen-bond acceptors (Lipinski definition) is 5. The van der Waals surface area contributed by atoms with Gasteiger partial charge in [-0.05, 0) is 73.7 Å². The Balaban J connectivity index is 1.60. The number of carbonyl (C=O) groups is 2. The Kier molecular flexibility index (Phi) is 7.72. The Bertz CT molecular complexity index is 1400. The Labute approximate surface area is 213 Å². The molecule has 7 nitrogen and oxygen atoms in total. The number of nitrogens with one attached hydrogen (secondary N) is 2. The maximum atomic E-state index is 13.3. The predicted octanol–water partition coefficient (Wildman–Crippen LogP) is 6.45. The first-order valence-electron chi connectivity index (χ1n) is 11.0. The van der Waals surface area contributed by atoms with Crippen molar-refractivity contribution >= 4 is 35.2 Å². The predicted molar refractivity (Wildman–Crippen MR) is 138 cm³/mol. The molecule has 182 valence electrons. The Morgan fingerprint density at radius 2 is 1.72 bits per heavy atom. The number of furan rings is 1. The van der Waals surface area contributed by atoms with Crippen molar-refractivity contribution in [3.8, 4) is 17.2 Å². The number of hydrogen-bond donors (Lipinski definition) is 2. The van der Waals surface area contributed by atoms with Gasteiger partial charge in [0.15, 0.2) is 5.75 Å². The van der Waals surface area contributed by atoms with Crippen LogP contribution in [0.5, 0.6) is 17.2 Å². The molecular weight excluding hydrogens is 480 g/mol. The summed E-state index contributed by atoms with van der Waals surface area (Å²) < 4.78 is 16.5. The summed E-state index contributed by atoms with van der Waals surface area (Å²) in [5.41, 5.74) is 1.63. The zero-order valence-electron chi connectivity index (χ0n) is 19.6. The van der Waals surface area contributed by atoms with Crippen LogP contribution in [-0.2, 0) is 4.79 Å². The summed E-state index contributed by atoms with van der Waals surface area (Å²) in [5, 5.41) is 5.85. The van der Waals surface area contributed by atoms with E-state index in [1.165, 1.54) is 12.3 Å². The second kappa shape index (κ2) is 11.3. The second-order valence-corrected chi connectivity index (χ2v) is 8.21. The lowest BCUT2D eigenvalue weighted by Gasteiger charge is -2.15. The van der Waals surface area contributed by atoms with E-state index < -0.39 is 11.8 Å². The highest BCUT2D eigenvalue weighted by atomic mass is 35.5. The van der Waals surface area contributed by atoms with Crippen LogP contribution in [0.15, 0.2) is 95.2 Å². The molecule has 36 heavy (non-hydrogen) atoms. The van der Waals surface area contributed by atoms with Gasteiger partial charge in [0.25, 0.3) is 11.8 Å². The minimum atomic E-state index is -0.589. The molecule has 0 fully saturated rings. The van der Waals surface area contributed by atoms with Crippen LogP contribution in [0.3, 0.4) is 0 Å². The first-order chi connectivity index (χ1) is 17.4. The molecule has 2 N–H and O–H groups in total. The number of benzene rings is 3. The Morgan fingerprint density at radius 3 is 2.42 bits per heavy atom. The highest BCUT2D eigenvalue weighted by molar-refractivity contribution is 6.31. The summed E-state index contributed by atoms with van der Waals surface area (Å²) in [6, 6.07) is 22.3. The van der Waals surface area contributed by atoms with E-state index in [0.29, 0.717) is 39.3 Å². The SMILES string of the molecule is COc1ccc(Oc2ccc(Cl)cc2NC(=O)/C(=C/c2ccco2)NC(=O)c2cccc(C)c2)cc1. The number of halogens is 1. The minimum absolute atomic E-state index is 0.0215. The van der Waals surface area contributed by atoms with Crippen molar-refractivity contribution < 1.29 is 23.5 Å². The van der Waals surface area contributed by atoms with Crippen molar-refractivity contribution in [2.75, 3.05) is 12.4 Å². The van der Waals surface area contributed by atoms with E-state index in [1.54, 1.807) is 79.9 Å². The van der Waals surface area contributed by atoms with Crippen LogP contribution in [-0.4, -0.2) is 18.9 Å². The third-order valence-corrected chi connectivity index (χ3v) is 5.32. The average Bonchev–Trinajstić information content (AvgIpc) is 3.39. The van der Waals surface area contributed by atoms with Crippen molar-refractivity contribution in [3.63, 3.8) is 0 Å². The van der Waals surface area contributed by atoms with Crippen molar-refractivity contribution in [1.82, 2.24) is 5.32 Å². The van der Waals surface area contributed by atoms with Crippen LogP contribution in [0.4, 0.5) is 5.69 Å². The molecule has 3 aromatic carbocycles. The lowest BCUT2D eigenvalue weighted by atomic mass is 10.1.